The van der Waals surface area contributed by atoms with Crippen molar-refractivity contribution in [2.24, 2.45) is 0 Å². The molecule has 0 radical (unpaired) electrons. The van der Waals surface area contributed by atoms with Gasteiger partial charge >= 0.3 is 0 Å². The minimum atomic E-state index is 0.788. The van der Waals surface area contributed by atoms with Crippen molar-refractivity contribution in [3.63, 3.8) is 0 Å². The highest BCUT2D eigenvalue weighted by Crippen LogP contribution is 2.32. The summed E-state index contributed by atoms with van der Waals surface area (Å²) in [4.78, 5) is 4.51. The van der Waals surface area contributed by atoms with E-state index in [9.17, 15) is 0 Å². The number of aryl methyl sites for hydroxylation is 2. The van der Waals surface area contributed by atoms with Gasteiger partial charge in [0.15, 0.2) is 0 Å². The van der Waals surface area contributed by atoms with E-state index in [1.54, 1.807) is 0 Å². The zero-order valence-electron chi connectivity index (χ0n) is 15.5. The highest BCUT2D eigenvalue weighted by atomic mass is 15.5. The van der Waals surface area contributed by atoms with Gasteiger partial charge in [-0.15, -0.1) is 0 Å². The lowest BCUT2D eigenvalue weighted by atomic mass is 10.0. The minimum Gasteiger partial charge on any atom is -0.281 e. The molecule has 3 aromatic rings. The average molecular weight is 341 g/mol. The van der Waals surface area contributed by atoms with Crippen LogP contribution in [0.2, 0.25) is 0 Å². The number of rotatable bonds is 3. The standard InChI is InChI=1S/C23H23N3/c1-16-7-6-8-19(11-16)20-12-17(2)13-21(14-20)26-18(3)22(15-25-26)23-9-4-5-10-24-23/h4-14,25H,15H2,1-3H3. The van der Waals surface area contributed by atoms with Gasteiger partial charge in [-0.3, -0.25) is 9.99 Å². The molecule has 3 heteroatoms. The van der Waals surface area contributed by atoms with Crippen LogP contribution in [0.25, 0.3) is 16.7 Å². The molecule has 1 aromatic heterocycles. The Morgan fingerprint density at radius 2 is 1.69 bits per heavy atom. The van der Waals surface area contributed by atoms with Crippen molar-refractivity contribution in [2.45, 2.75) is 20.8 Å². The summed E-state index contributed by atoms with van der Waals surface area (Å²) in [6.07, 6.45) is 1.85. The van der Waals surface area contributed by atoms with Gasteiger partial charge in [-0.1, -0.05) is 42.0 Å². The third kappa shape index (κ3) is 3.14. The van der Waals surface area contributed by atoms with Gasteiger partial charge in [-0.2, -0.15) is 0 Å². The molecule has 130 valence electrons. The molecule has 2 heterocycles. The van der Waals surface area contributed by atoms with Gasteiger partial charge in [-0.05, 0) is 61.7 Å². The number of hydrogen-bond donors (Lipinski definition) is 1. The molecule has 0 spiro atoms. The summed E-state index contributed by atoms with van der Waals surface area (Å²) >= 11 is 0. The molecule has 0 atom stereocenters. The number of nitrogens with one attached hydrogen (secondary N) is 1. The molecule has 4 rings (SSSR count). The van der Waals surface area contributed by atoms with Crippen LogP contribution in [0.1, 0.15) is 23.7 Å². The number of anilines is 1. The molecule has 26 heavy (non-hydrogen) atoms. The maximum absolute atomic E-state index is 4.51. The van der Waals surface area contributed by atoms with Crippen LogP contribution in [0.4, 0.5) is 5.69 Å². The number of pyridine rings is 1. The highest BCUT2D eigenvalue weighted by molar-refractivity contribution is 5.77. The fraction of sp³-hybridized carbons (Fsp3) is 0.174. The van der Waals surface area contributed by atoms with Crippen LogP contribution in [0.15, 0.2) is 72.6 Å². The van der Waals surface area contributed by atoms with Gasteiger partial charge in [0.1, 0.15) is 0 Å². The van der Waals surface area contributed by atoms with E-state index in [1.165, 1.54) is 33.5 Å². The first kappa shape index (κ1) is 16.6. The molecule has 2 aromatic carbocycles. The normalized spacial score (nSPS) is 14.2. The number of nitrogens with zero attached hydrogens (tertiary/aromatic N) is 2. The highest BCUT2D eigenvalue weighted by Gasteiger charge is 2.22. The Labute approximate surface area is 155 Å². The lowest BCUT2D eigenvalue weighted by Gasteiger charge is -2.22. The SMILES string of the molecule is CC1=C(c2ccccn2)CNN1c1cc(C)cc(-c2cccc(C)c2)c1. The molecular formula is C23H23N3. The number of hydrazine groups is 1. The van der Waals surface area contributed by atoms with E-state index < -0.39 is 0 Å². The van der Waals surface area contributed by atoms with Gasteiger partial charge in [-0.25, -0.2) is 5.43 Å². The van der Waals surface area contributed by atoms with Crippen molar-refractivity contribution < 1.29 is 0 Å². The van der Waals surface area contributed by atoms with Crippen LogP contribution in [-0.2, 0) is 0 Å². The quantitative estimate of drug-likeness (QED) is 0.716. The van der Waals surface area contributed by atoms with E-state index in [0.29, 0.717) is 0 Å². The van der Waals surface area contributed by atoms with Gasteiger partial charge in [0, 0.05) is 24.0 Å². The largest absolute Gasteiger partial charge is 0.281 e. The summed E-state index contributed by atoms with van der Waals surface area (Å²) in [5, 5.41) is 2.18. The molecule has 1 N–H and O–H groups in total. The summed E-state index contributed by atoms with van der Waals surface area (Å²) in [7, 11) is 0. The summed E-state index contributed by atoms with van der Waals surface area (Å²) in [6, 6.07) is 21.4. The topological polar surface area (TPSA) is 28.2 Å². The Morgan fingerprint density at radius 3 is 2.46 bits per heavy atom. The Morgan fingerprint density at radius 1 is 0.846 bits per heavy atom. The molecule has 1 aliphatic heterocycles. The molecule has 0 saturated heterocycles. The monoisotopic (exact) mass is 341 g/mol. The number of hydrogen-bond acceptors (Lipinski definition) is 3. The fourth-order valence-corrected chi connectivity index (χ4v) is 3.52. The third-order valence-electron chi connectivity index (χ3n) is 4.83. The zero-order chi connectivity index (χ0) is 18.1. The zero-order valence-corrected chi connectivity index (χ0v) is 15.5. The number of aromatic nitrogens is 1. The summed E-state index contributed by atoms with van der Waals surface area (Å²) in [6.45, 7) is 7.22. The van der Waals surface area contributed by atoms with E-state index in [0.717, 1.165) is 17.9 Å². The predicted molar refractivity (Wildman–Crippen MR) is 109 cm³/mol. The van der Waals surface area contributed by atoms with Crippen LogP contribution in [0.3, 0.4) is 0 Å². The molecule has 0 amide bonds. The molecule has 3 nitrogen and oxygen atoms in total. The maximum atomic E-state index is 4.51. The van der Waals surface area contributed by atoms with E-state index in [2.05, 4.69) is 84.7 Å². The lowest BCUT2D eigenvalue weighted by molar-refractivity contribution is 0.794. The smallest absolute Gasteiger partial charge is 0.0693 e. The van der Waals surface area contributed by atoms with E-state index in [1.807, 2.05) is 18.3 Å². The Kier molecular flexibility index (Phi) is 4.31. The lowest BCUT2D eigenvalue weighted by Crippen LogP contribution is -2.30. The summed E-state index contributed by atoms with van der Waals surface area (Å²) < 4.78 is 0. The molecule has 0 saturated carbocycles. The molecule has 0 bridgehead atoms. The maximum Gasteiger partial charge on any atom is 0.0693 e. The first-order valence-corrected chi connectivity index (χ1v) is 8.95. The van der Waals surface area contributed by atoms with Gasteiger partial charge in [0.05, 0.1) is 11.4 Å². The summed E-state index contributed by atoms with van der Waals surface area (Å²) in [5.41, 5.74) is 13.2. The van der Waals surface area contributed by atoms with Gasteiger partial charge in [0.25, 0.3) is 0 Å². The van der Waals surface area contributed by atoms with Crippen molar-refractivity contribution in [1.29, 1.82) is 0 Å². The first-order valence-electron chi connectivity index (χ1n) is 8.95. The van der Waals surface area contributed by atoms with Crippen molar-refractivity contribution in [1.82, 2.24) is 10.4 Å². The Balaban J connectivity index is 1.74. The van der Waals surface area contributed by atoms with Gasteiger partial charge < -0.3 is 0 Å². The first-order chi connectivity index (χ1) is 12.6. The van der Waals surface area contributed by atoms with Crippen molar-refractivity contribution in [3.05, 3.63) is 89.4 Å². The van der Waals surface area contributed by atoms with Crippen LogP contribution < -0.4 is 10.4 Å². The molecule has 0 aliphatic carbocycles. The van der Waals surface area contributed by atoms with E-state index >= 15 is 0 Å². The minimum absolute atomic E-state index is 0.788. The molecule has 0 unspecified atom stereocenters. The van der Waals surface area contributed by atoms with Crippen molar-refractivity contribution in [2.75, 3.05) is 11.6 Å². The van der Waals surface area contributed by atoms with E-state index in [-0.39, 0.29) is 0 Å². The predicted octanol–water partition coefficient (Wildman–Crippen LogP) is 5.12. The fourth-order valence-electron chi connectivity index (χ4n) is 3.52. The Bertz CT molecular complexity index is 974. The second-order valence-electron chi connectivity index (χ2n) is 6.88. The Hall–Kier alpha value is -2.91. The molecule has 1 aliphatic rings. The number of allylic oxidation sites excluding steroid dienone is 1. The van der Waals surface area contributed by atoms with Crippen LogP contribution in [0.5, 0.6) is 0 Å². The molecular weight excluding hydrogens is 318 g/mol. The van der Waals surface area contributed by atoms with Crippen LogP contribution in [-0.4, -0.2) is 11.5 Å². The molecule has 0 fully saturated rings. The third-order valence-corrected chi connectivity index (χ3v) is 4.83. The van der Waals surface area contributed by atoms with Crippen molar-refractivity contribution >= 4 is 11.3 Å². The van der Waals surface area contributed by atoms with Crippen LogP contribution in [0, 0.1) is 13.8 Å². The van der Waals surface area contributed by atoms with Gasteiger partial charge in [0.2, 0.25) is 0 Å². The second kappa shape index (κ2) is 6.77. The average Bonchev–Trinajstić information content (AvgIpc) is 3.03. The summed E-state index contributed by atoms with van der Waals surface area (Å²) in [5.74, 6) is 0. The van der Waals surface area contributed by atoms with Crippen LogP contribution >= 0.6 is 0 Å². The number of benzene rings is 2. The van der Waals surface area contributed by atoms with Crippen molar-refractivity contribution in [3.8, 4) is 11.1 Å². The van der Waals surface area contributed by atoms with E-state index in [4.69, 9.17) is 0 Å². The second-order valence-corrected chi connectivity index (χ2v) is 6.88.